The minimum absolute atomic E-state index is 0.0113. The zero-order valence-corrected chi connectivity index (χ0v) is 13.8. The van der Waals surface area contributed by atoms with Gasteiger partial charge in [0.2, 0.25) is 11.8 Å². The molecule has 1 aromatic carbocycles. The highest BCUT2D eigenvalue weighted by Crippen LogP contribution is 2.21. The summed E-state index contributed by atoms with van der Waals surface area (Å²) in [7, 11) is 0. The highest BCUT2D eigenvalue weighted by molar-refractivity contribution is 5.85. The molecule has 126 valence electrons. The van der Waals surface area contributed by atoms with Crippen molar-refractivity contribution in [3.8, 4) is 0 Å². The van der Waals surface area contributed by atoms with E-state index in [0.29, 0.717) is 5.56 Å². The molecule has 0 bridgehead atoms. The number of carbonyl (C=O) groups excluding carboxylic acids is 2. The molecule has 0 aromatic heterocycles. The van der Waals surface area contributed by atoms with Gasteiger partial charge in [0, 0.05) is 11.6 Å². The average Bonchev–Trinajstić information content (AvgIpc) is 3.23. The van der Waals surface area contributed by atoms with E-state index in [1.807, 2.05) is 20.8 Å². The second-order valence-electron chi connectivity index (χ2n) is 6.95. The van der Waals surface area contributed by atoms with E-state index in [1.165, 1.54) is 12.1 Å². The van der Waals surface area contributed by atoms with Crippen molar-refractivity contribution in [3.05, 3.63) is 35.6 Å². The minimum Gasteiger partial charge on any atom is -0.352 e. The molecule has 0 radical (unpaired) electrons. The molecule has 1 aromatic rings. The van der Waals surface area contributed by atoms with E-state index in [0.717, 1.165) is 12.8 Å². The third-order valence-electron chi connectivity index (χ3n) is 3.37. The number of amides is 2. The molecule has 1 saturated carbocycles. The van der Waals surface area contributed by atoms with Gasteiger partial charge in [0.25, 0.3) is 0 Å². The first-order chi connectivity index (χ1) is 10.7. The van der Waals surface area contributed by atoms with E-state index in [-0.39, 0.29) is 35.8 Å². The summed E-state index contributed by atoms with van der Waals surface area (Å²) in [6.07, 6.45) is 1.96. The number of hydrogen-bond acceptors (Lipinski definition) is 3. The minimum atomic E-state index is -0.679. The summed E-state index contributed by atoms with van der Waals surface area (Å²) in [4.78, 5) is 24.3. The van der Waals surface area contributed by atoms with Crippen LogP contribution in [0, 0.1) is 5.82 Å². The first-order valence-corrected chi connectivity index (χ1v) is 7.85. The lowest BCUT2D eigenvalue weighted by atomic mass is 10.1. The number of nitrogens with one attached hydrogen (secondary N) is 3. The van der Waals surface area contributed by atoms with Crippen molar-refractivity contribution >= 4 is 11.8 Å². The van der Waals surface area contributed by atoms with Crippen LogP contribution in [0.15, 0.2) is 24.3 Å². The molecule has 0 spiro atoms. The van der Waals surface area contributed by atoms with Crippen LogP contribution in [0.3, 0.4) is 0 Å². The molecule has 1 aliphatic rings. The Bertz CT molecular complexity index is 562. The maximum Gasteiger partial charge on any atom is 0.241 e. The van der Waals surface area contributed by atoms with Gasteiger partial charge in [0.15, 0.2) is 0 Å². The molecule has 0 heterocycles. The van der Waals surface area contributed by atoms with E-state index in [9.17, 15) is 14.0 Å². The first-order valence-electron chi connectivity index (χ1n) is 7.85. The highest BCUT2D eigenvalue weighted by atomic mass is 19.1. The van der Waals surface area contributed by atoms with Crippen molar-refractivity contribution in [2.24, 2.45) is 0 Å². The Morgan fingerprint density at radius 1 is 1.22 bits per heavy atom. The van der Waals surface area contributed by atoms with E-state index >= 15 is 0 Å². The average molecular weight is 321 g/mol. The summed E-state index contributed by atoms with van der Waals surface area (Å²) in [5.41, 5.74) is 0.300. The molecular weight excluding hydrogens is 297 g/mol. The third-order valence-corrected chi connectivity index (χ3v) is 3.37. The molecule has 2 amide bonds. The number of rotatable bonds is 6. The summed E-state index contributed by atoms with van der Waals surface area (Å²) in [6, 6.07) is 5.27. The Labute approximate surface area is 136 Å². The Balaban J connectivity index is 2.02. The van der Waals surface area contributed by atoms with Gasteiger partial charge in [0.1, 0.15) is 11.9 Å². The van der Waals surface area contributed by atoms with Crippen molar-refractivity contribution in [2.75, 3.05) is 6.54 Å². The Hall–Kier alpha value is -1.95. The summed E-state index contributed by atoms with van der Waals surface area (Å²) >= 11 is 0. The predicted molar refractivity (Wildman–Crippen MR) is 86.2 cm³/mol. The zero-order valence-electron chi connectivity index (χ0n) is 13.8. The quantitative estimate of drug-likeness (QED) is 0.746. The molecular formula is C17H24FN3O2. The van der Waals surface area contributed by atoms with Crippen LogP contribution in [0.25, 0.3) is 0 Å². The van der Waals surface area contributed by atoms with E-state index in [1.54, 1.807) is 12.1 Å². The van der Waals surface area contributed by atoms with Gasteiger partial charge in [0.05, 0.1) is 6.54 Å². The Morgan fingerprint density at radius 2 is 1.83 bits per heavy atom. The Kier molecular flexibility index (Phi) is 5.36. The van der Waals surface area contributed by atoms with Crippen molar-refractivity contribution < 1.29 is 14.0 Å². The van der Waals surface area contributed by atoms with Crippen LogP contribution in [0.1, 0.15) is 45.2 Å². The molecule has 0 saturated heterocycles. The van der Waals surface area contributed by atoms with Crippen LogP contribution in [-0.2, 0) is 9.59 Å². The van der Waals surface area contributed by atoms with Gasteiger partial charge in [-0.25, -0.2) is 4.39 Å². The SMILES string of the molecule is CC(C)(C)NC(=O)CNC(C(=O)NC1CC1)c1ccc(F)cc1. The second kappa shape index (κ2) is 7.08. The summed E-state index contributed by atoms with van der Waals surface area (Å²) < 4.78 is 13.1. The van der Waals surface area contributed by atoms with Gasteiger partial charge in [-0.05, 0) is 51.3 Å². The van der Waals surface area contributed by atoms with Crippen LogP contribution in [-0.4, -0.2) is 29.9 Å². The normalized spacial score (nSPS) is 15.8. The van der Waals surface area contributed by atoms with Crippen LogP contribution in [0.4, 0.5) is 4.39 Å². The maximum atomic E-state index is 13.1. The lowest BCUT2D eigenvalue weighted by Gasteiger charge is -2.23. The smallest absolute Gasteiger partial charge is 0.241 e. The second-order valence-corrected chi connectivity index (χ2v) is 6.95. The molecule has 0 aliphatic heterocycles. The maximum absolute atomic E-state index is 13.1. The lowest BCUT2D eigenvalue weighted by Crippen LogP contribution is -2.47. The summed E-state index contributed by atoms with van der Waals surface area (Å²) in [6.45, 7) is 5.68. The van der Waals surface area contributed by atoms with Crippen LogP contribution >= 0.6 is 0 Å². The molecule has 6 heteroatoms. The number of carbonyl (C=O) groups is 2. The van der Waals surface area contributed by atoms with Gasteiger partial charge >= 0.3 is 0 Å². The topological polar surface area (TPSA) is 70.2 Å². The molecule has 1 fully saturated rings. The lowest BCUT2D eigenvalue weighted by molar-refractivity contribution is -0.124. The van der Waals surface area contributed by atoms with Crippen molar-refractivity contribution in [1.29, 1.82) is 0 Å². The molecule has 2 rings (SSSR count). The van der Waals surface area contributed by atoms with Gasteiger partial charge in [-0.15, -0.1) is 0 Å². The van der Waals surface area contributed by atoms with Gasteiger partial charge in [-0.1, -0.05) is 12.1 Å². The van der Waals surface area contributed by atoms with Crippen molar-refractivity contribution in [1.82, 2.24) is 16.0 Å². The van der Waals surface area contributed by atoms with Crippen molar-refractivity contribution in [3.63, 3.8) is 0 Å². The number of hydrogen-bond donors (Lipinski definition) is 3. The largest absolute Gasteiger partial charge is 0.352 e. The third kappa shape index (κ3) is 5.98. The van der Waals surface area contributed by atoms with E-state index < -0.39 is 6.04 Å². The predicted octanol–water partition coefficient (Wildman–Crippen LogP) is 1.65. The monoisotopic (exact) mass is 321 g/mol. The van der Waals surface area contributed by atoms with Gasteiger partial charge in [-0.2, -0.15) is 0 Å². The molecule has 1 aliphatic carbocycles. The standard InChI is InChI=1S/C17H24FN3O2/c1-17(2,3)21-14(22)10-19-15(16(23)20-13-8-9-13)11-4-6-12(18)7-5-11/h4-7,13,15,19H,8-10H2,1-3H3,(H,20,23)(H,21,22). The van der Waals surface area contributed by atoms with Crippen molar-refractivity contribution in [2.45, 2.75) is 51.2 Å². The summed E-state index contributed by atoms with van der Waals surface area (Å²) in [5.74, 6) is -0.743. The van der Waals surface area contributed by atoms with E-state index in [4.69, 9.17) is 0 Å². The fraction of sp³-hybridized carbons (Fsp3) is 0.529. The molecule has 1 unspecified atom stereocenters. The number of halogens is 1. The van der Waals surface area contributed by atoms with Gasteiger partial charge in [-0.3, -0.25) is 14.9 Å². The van der Waals surface area contributed by atoms with Crippen LogP contribution < -0.4 is 16.0 Å². The van der Waals surface area contributed by atoms with Crippen LogP contribution in [0.2, 0.25) is 0 Å². The summed E-state index contributed by atoms with van der Waals surface area (Å²) in [5, 5.41) is 8.71. The molecule has 3 N–H and O–H groups in total. The Morgan fingerprint density at radius 3 is 2.35 bits per heavy atom. The zero-order chi connectivity index (χ0) is 17.0. The van der Waals surface area contributed by atoms with E-state index in [2.05, 4.69) is 16.0 Å². The fourth-order valence-corrected chi connectivity index (χ4v) is 2.19. The van der Waals surface area contributed by atoms with Gasteiger partial charge < -0.3 is 10.6 Å². The highest BCUT2D eigenvalue weighted by Gasteiger charge is 2.28. The molecule has 5 nitrogen and oxygen atoms in total. The first kappa shape index (κ1) is 17.4. The molecule has 1 atom stereocenters. The number of benzene rings is 1. The fourth-order valence-electron chi connectivity index (χ4n) is 2.19. The van der Waals surface area contributed by atoms with Crippen LogP contribution in [0.5, 0.6) is 0 Å². The molecule has 23 heavy (non-hydrogen) atoms.